The molecule has 1 aromatic carbocycles. The largest absolute Gasteiger partial charge is 0.318 e. The number of Topliss-reactive ketones (excluding diaryl/α,β-unsaturated/α-hetero) is 1. The lowest BCUT2D eigenvalue weighted by atomic mass is 10.1. The van der Waals surface area contributed by atoms with Gasteiger partial charge in [0, 0.05) is 29.7 Å². The molecule has 0 N–H and O–H groups in total. The summed E-state index contributed by atoms with van der Waals surface area (Å²) in [7, 11) is -2.21. The molecule has 7 heteroatoms. The van der Waals surface area contributed by atoms with Crippen molar-refractivity contribution in [3.8, 4) is 5.69 Å². The number of nitrogens with zero attached hydrogens (tertiary/aromatic N) is 2. The molecule has 26 heavy (non-hydrogen) atoms. The molecule has 136 valence electrons. The third-order valence-electron chi connectivity index (χ3n) is 4.27. The summed E-state index contributed by atoms with van der Waals surface area (Å²) in [5.41, 5.74) is 3.25. The summed E-state index contributed by atoms with van der Waals surface area (Å²) < 4.78 is 28.4. The Morgan fingerprint density at radius 3 is 2.42 bits per heavy atom. The van der Waals surface area contributed by atoms with Crippen LogP contribution in [-0.4, -0.2) is 36.7 Å². The van der Waals surface area contributed by atoms with Gasteiger partial charge in [-0.1, -0.05) is 24.3 Å². The van der Waals surface area contributed by atoms with E-state index in [9.17, 15) is 13.2 Å². The lowest BCUT2D eigenvalue weighted by Gasteiger charge is -2.15. The summed E-state index contributed by atoms with van der Waals surface area (Å²) in [6.07, 6.45) is 0. The lowest BCUT2D eigenvalue weighted by molar-refractivity contribution is 0.0972. The summed E-state index contributed by atoms with van der Waals surface area (Å²) in [5, 5.41) is 1.70. The Labute approximate surface area is 157 Å². The minimum Gasteiger partial charge on any atom is -0.318 e. The van der Waals surface area contributed by atoms with Crippen molar-refractivity contribution in [2.24, 2.45) is 0 Å². The number of carbonyl (C=O) groups excluding carboxylic acids is 1. The Kier molecular flexibility index (Phi) is 5.13. The number of ketones is 1. The third-order valence-corrected chi connectivity index (χ3v) is 7.45. The third kappa shape index (κ3) is 3.38. The highest BCUT2D eigenvalue weighted by atomic mass is 32.2. The van der Waals surface area contributed by atoms with E-state index in [-0.39, 0.29) is 16.5 Å². The first-order valence-electron chi connectivity index (χ1n) is 8.10. The smallest absolute Gasteiger partial charge is 0.252 e. The summed E-state index contributed by atoms with van der Waals surface area (Å²) in [6, 6.07) is 14.8. The van der Waals surface area contributed by atoms with Gasteiger partial charge in [0.2, 0.25) is 0 Å². The van der Waals surface area contributed by atoms with Crippen molar-refractivity contribution in [2.45, 2.75) is 18.1 Å². The van der Waals surface area contributed by atoms with Crippen molar-refractivity contribution in [1.82, 2.24) is 8.87 Å². The number of aromatic nitrogens is 1. The van der Waals surface area contributed by atoms with Gasteiger partial charge in [-0.25, -0.2) is 8.42 Å². The highest BCUT2D eigenvalue weighted by Crippen LogP contribution is 2.23. The normalized spacial score (nSPS) is 11.8. The molecule has 0 aliphatic rings. The Bertz CT molecular complexity index is 1020. The molecule has 0 radical (unpaired) electrons. The summed E-state index contributed by atoms with van der Waals surface area (Å²) in [4.78, 5) is 12.8. The number of sulfonamides is 1. The standard InChI is InChI=1S/C19H20N2O3S2/c1-14-12-17(15(2)21(14)16-8-5-4-6-9-16)18(22)13-20(3)26(23,24)19-10-7-11-25-19/h4-12H,13H2,1-3H3. The first-order chi connectivity index (χ1) is 12.3. The fourth-order valence-electron chi connectivity index (χ4n) is 2.96. The van der Waals surface area contributed by atoms with Crippen molar-refractivity contribution in [2.75, 3.05) is 13.6 Å². The molecule has 0 bridgehead atoms. The molecule has 0 amide bonds. The number of carbonyl (C=O) groups is 1. The van der Waals surface area contributed by atoms with Gasteiger partial charge in [0.25, 0.3) is 10.0 Å². The monoisotopic (exact) mass is 388 g/mol. The molecule has 3 aromatic rings. The Balaban J connectivity index is 1.88. The van der Waals surface area contributed by atoms with Crippen LogP contribution in [0.5, 0.6) is 0 Å². The lowest BCUT2D eigenvalue weighted by Crippen LogP contribution is -2.32. The van der Waals surface area contributed by atoms with Crippen LogP contribution >= 0.6 is 11.3 Å². The fraction of sp³-hybridized carbons (Fsp3) is 0.211. The number of aryl methyl sites for hydroxylation is 1. The van der Waals surface area contributed by atoms with Crippen LogP contribution in [0.2, 0.25) is 0 Å². The highest BCUT2D eigenvalue weighted by molar-refractivity contribution is 7.91. The molecule has 2 heterocycles. The molecular formula is C19H20N2O3S2. The molecule has 0 aliphatic heterocycles. The topological polar surface area (TPSA) is 59.4 Å². The maximum Gasteiger partial charge on any atom is 0.252 e. The zero-order valence-corrected chi connectivity index (χ0v) is 16.5. The number of likely N-dealkylation sites (N-methyl/N-ethyl adjacent to an activating group) is 1. The summed E-state index contributed by atoms with van der Waals surface area (Å²) in [6.45, 7) is 3.61. The Morgan fingerprint density at radius 2 is 1.81 bits per heavy atom. The number of benzene rings is 1. The Morgan fingerprint density at radius 1 is 1.12 bits per heavy atom. The van der Waals surface area contributed by atoms with Gasteiger partial charge < -0.3 is 4.57 Å². The van der Waals surface area contributed by atoms with Gasteiger partial charge in [-0.05, 0) is 43.5 Å². The van der Waals surface area contributed by atoms with Gasteiger partial charge in [0.05, 0.1) is 6.54 Å². The van der Waals surface area contributed by atoms with Crippen molar-refractivity contribution < 1.29 is 13.2 Å². The second kappa shape index (κ2) is 7.19. The number of hydrogen-bond acceptors (Lipinski definition) is 4. The minimum atomic E-state index is -3.64. The van der Waals surface area contributed by atoms with Gasteiger partial charge in [0.15, 0.2) is 5.78 Å². The first-order valence-corrected chi connectivity index (χ1v) is 10.4. The van der Waals surface area contributed by atoms with E-state index < -0.39 is 10.0 Å². The van der Waals surface area contributed by atoms with Crippen molar-refractivity contribution >= 4 is 27.1 Å². The van der Waals surface area contributed by atoms with E-state index >= 15 is 0 Å². The van der Waals surface area contributed by atoms with E-state index in [1.807, 2.05) is 54.8 Å². The van der Waals surface area contributed by atoms with E-state index in [0.717, 1.165) is 32.7 Å². The average molecular weight is 389 g/mol. The van der Waals surface area contributed by atoms with Crippen molar-refractivity contribution in [3.63, 3.8) is 0 Å². The Hall–Kier alpha value is -2.22. The quantitative estimate of drug-likeness (QED) is 0.606. The van der Waals surface area contributed by atoms with E-state index in [1.165, 1.54) is 7.05 Å². The number of thiophene rings is 1. The number of para-hydroxylation sites is 1. The van der Waals surface area contributed by atoms with Crippen LogP contribution in [0.25, 0.3) is 5.69 Å². The van der Waals surface area contributed by atoms with Gasteiger partial charge >= 0.3 is 0 Å². The van der Waals surface area contributed by atoms with E-state index in [4.69, 9.17) is 0 Å². The van der Waals surface area contributed by atoms with Crippen LogP contribution in [0.1, 0.15) is 21.7 Å². The zero-order chi connectivity index (χ0) is 18.9. The van der Waals surface area contributed by atoms with E-state index in [0.29, 0.717) is 5.56 Å². The number of hydrogen-bond donors (Lipinski definition) is 0. The van der Waals surface area contributed by atoms with E-state index in [1.54, 1.807) is 17.5 Å². The molecule has 2 aromatic heterocycles. The highest BCUT2D eigenvalue weighted by Gasteiger charge is 2.26. The first kappa shape index (κ1) is 18.6. The molecule has 0 unspecified atom stereocenters. The molecule has 5 nitrogen and oxygen atoms in total. The molecule has 0 aliphatic carbocycles. The molecule has 0 saturated heterocycles. The van der Waals surface area contributed by atoms with Crippen LogP contribution in [0, 0.1) is 13.8 Å². The van der Waals surface area contributed by atoms with Crippen molar-refractivity contribution in [1.29, 1.82) is 0 Å². The predicted molar refractivity (Wildman–Crippen MR) is 104 cm³/mol. The molecule has 0 saturated carbocycles. The molecule has 0 fully saturated rings. The van der Waals surface area contributed by atoms with Crippen LogP contribution in [0.15, 0.2) is 58.1 Å². The van der Waals surface area contributed by atoms with Crippen LogP contribution in [-0.2, 0) is 10.0 Å². The molecule has 3 rings (SSSR count). The molecular weight excluding hydrogens is 368 g/mol. The second-order valence-electron chi connectivity index (χ2n) is 6.07. The maximum atomic E-state index is 12.8. The zero-order valence-electron chi connectivity index (χ0n) is 14.8. The van der Waals surface area contributed by atoms with E-state index in [2.05, 4.69) is 0 Å². The summed E-state index contributed by atoms with van der Waals surface area (Å²) in [5.74, 6) is -0.220. The van der Waals surface area contributed by atoms with Crippen LogP contribution in [0.3, 0.4) is 0 Å². The minimum absolute atomic E-state index is 0.195. The fourth-order valence-corrected chi connectivity index (χ4v) is 5.28. The maximum absolute atomic E-state index is 12.8. The molecule has 0 spiro atoms. The molecule has 0 atom stereocenters. The average Bonchev–Trinajstić information content (AvgIpc) is 3.24. The summed E-state index contributed by atoms with van der Waals surface area (Å²) >= 11 is 1.14. The number of rotatable bonds is 6. The van der Waals surface area contributed by atoms with Crippen molar-refractivity contribution in [3.05, 3.63) is 70.9 Å². The van der Waals surface area contributed by atoms with Gasteiger partial charge in [-0.2, -0.15) is 4.31 Å². The second-order valence-corrected chi connectivity index (χ2v) is 9.29. The van der Waals surface area contributed by atoms with Crippen LogP contribution < -0.4 is 0 Å². The SMILES string of the molecule is Cc1cc(C(=O)CN(C)S(=O)(=O)c2cccs2)c(C)n1-c1ccccc1. The van der Waals surface area contributed by atoms with Gasteiger partial charge in [-0.3, -0.25) is 4.79 Å². The predicted octanol–water partition coefficient (Wildman–Crippen LogP) is 3.66. The van der Waals surface area contributed by atoms with Crippen LogP contribution in [0.4, 0.5) is 0 Å². The van der Waals surface area contributed by atoms with Gasteiger partial charge in [0.1, 0.15) is 4.21 Å². The van der Waals surface area contributed by atoms with Gasteiger partial charge in [-0.15, -0.1) is 11.3 Å².